The zero-order chi connectivity index (χ0) is 25.4. The van der Waals surface area contributed by atoms with Crippen molar-refractivity contribution in [3.8, 4) is 5.88 Å². The fraction of sp³-hybridized carbons (Fsp3) is 0.480. The second-order valence-electron chi connectivity index (χ2n) is 9.97. The minimum absolute atomic E-state index is 0.000405. The first-order chi connectivity index (χ1) is 16.4. The molecule has 2 aromatic rings. The number of ether oxygens (including phenoxy) is 1. The van der Waals surface area contributed by atoms with E-state index in [4.69, 9.17) is 10.5 Å². The van der Waals surface area contributed by atoms with Crippen LogP contribution >= 0.6 is 0 Å². The van der Waals surface area contributed by atoms with Gasteiger partial charge < -0.3 is 10.5 Å². The molecule has 0 spiro atoms. The standard InChI is InChI=1S/C25H30F2N4O3S/c1-24(2)23(28)31-25(3,15-35(24,32)33)18-10-17(8-9-19(18)26)11-20(27)21-12-30-22(13-29-21)34-14-16-6-4-5-7-16/h8-13,16H,4-7,14-15H2,1-3H3,(H2,28,31). The Labute approximate surface area is 204 Å². The van der Waals surface area contributed by atoms with Crippen molar-refractivity contribution in [3.05, 3.63) is 53.2 Å². The average molecular weight is 505 g/mol. The molecule has 0 saturated heterocycles. The van der Waals surface area contributed by atoms with Gasteiger partial charge in [-0.15, -0.1) is 0 Å². The Morgan fingerprint density at radius 2 is 1.91 bits per heavy atom. The van der Waals surface area contributed by atoms with Crippen molar-refractivity contribution < 1.29 is 21.9 Å². The Kier molecular flexibility index (Phi) is 6.70. The predicted molar refractivity (Wildman–Crippen MR) is 132 cm³/mol. The summed E-state index contributed by atoms with van der Waals surface area (Å²) < 4.78 is 59.7. The highest BCUT2D eigenvalue weighted by molar-refractivity contribution is 7.93. The molecule has 4 rings (SSSR count). The molecule has 0 amide bonds. The van der Waals surface area contributed by atoms with Gasteiger partial charge in [0.25, 0.3) is 0 Å². The Hall–Kier alpha value is -2.88. The van der Waals surface area contributed by atoms with Crippen LogP contribution in [0.5, 0.6) is 5.88 Å². The van der Waals surface area contributed by atoms with Crippen LogP contribution in [0.25, 0.3) is 11.9 Å². The van der Waals surface area contributed by atoms with Gasteiger partial charge in [-0.25, -0.2) is 27.2 Å². The molecule has 2 aliphatic rings. The lowest BCUT2D eigenvalue weighted by atomic mass is 9.91. The van der Waals surface area contributed by atoms with Gasteiger partial charge in [0.1, 0.15) is 27.6 Å². The summed E-state index contributed by atoms with van der Waals surface area (Å²) in [6, 6.07) is 3.93. The summed E-state index contributed by atoms with van der Waals surface area (Å²) in [6.07, 6.45) is 8.55. The summed E-state index contributed by atoms with van der Waals surface area (Å²) in [5.74, 6) is -0.991. The molecule has 1 saturated carbocycles. The maximum atomic E-state index is 14.9. The summed E-state index contributed by atoms with van der Waals surface area (Å²) in [4.78, 5) is 12.6. The van der Waals surface area contributed by atoms with Crippen LogP contribution in [0.2, 0.25) is 0 Å². The number of aromatic nitrogens is 2. The van der Waals surface area contributed by atoms with Crippen LogP contribution < -0.4 is 10.5 Å². The summed E-state index contributed by atoms with van der Waals surface area (Å²) in [7, 11) is -3.72. The van der Waals surface area contributed by atoms with Crippen molar-refractivity contribution >= 4 is 27.6 Å². The van der Waals surface area contributed by atoms with E-state index in [0.29, 0.717) is 24.0 Å². The molecule has 1 atom stereocenters. The number of nitrogens with zero attached hydrogens (tertiary/aromatic N) is 3. The van der Waals surface area contributed by atoms with Gasteiger partial charge in [-0.3, -0.25) is 4.99 Å². The molecule has 0 radical (unpaired) electrons. The van der Waals surface area contributed by atoms with Crippen molar-refractivity contribution in [1.29, 1.82) is 0 Å². The van der Waals surface area contributed by atoms with Gasteiger partial charge in [-0.05, 0) is 63.3 Å². The number of halogens is 2. The van der Waals surface area contributed by atoms with E-state index in [9.17, 15) is 17.2 Å². The normalized spacial score (nSPS) is 24.3. The third-order valence-electron chi connectivity index (χ3n) is 6.91. The van der Waals surface area contributed by atoms with Crippen LogP contribution in [0.4, 0.5) is 8.78 Å². The maximum Gasteiger partial charge on any atom is 0.232 e. The van der Waals surface area contributed by atoms with E-state index in [1.807, 2.05) is 0 Å². The van der Waals surface area contributed by atoms with Crippen LogP contribution in [-0.2, 0) is 15.4 Å². The number of benzene rings is 1. The van der Waals surface area contributed by atoms with Gasteiger partial charge in [0.15, 0.2) is 15.7 Å². The first-order valence-electron chi connectivity index (χ1n) is 11.6. The monoisotopic (exact) mass is 504 g/mol. The molecular formula is C25H30F2N4O3S. The zero-order valence-electron chi connectivity index (χ0n) is 20.1. The highest BCUT2D eigenvalue weighted by Crippen LogP contribution is 2.38. The average Bonchev–Trinajstić information content (AvgIpc) is 3.31. The first kappa shape index (κ1) is 25.2. The number of amidine groups is 1. The molecule has 2 heterocycles. The lowest BCUT2D eigenvalue weighted by Crippen LogP contribution is -2.55. The zero-order valence-corrected chi connectivity index (χ0v) is 20.9. The van der Waals surface area contributed by atoms with Gasteiger partial charge in [0.05, 0.1) is 24.8 Å². The first-order valence-corrected chi connectivity index (χ1v) is 13.3. The van der Waals surface area contributed by atoms with Crippen LogP contribution in [-0.4, -0.2) is 41.3 Å². The van der Waals surface area contributed by atoms with E-state index in [1.165, 1.54) is 64.2 Å². The summed E-state index contributed by atoms with van der Waals surface area (Å²) in [5.41, 5.74) is 4.86. The van der Waals surface area contributed by atoms with Crippen LogP contribution in [0, 0.1) is 11.7 Å². The van der Waals surface area contributed by atoms with Crippen molar-refractivity contribution in [1.82, 2.24) is 9.97 Å². The number of hydrogen-bond donors (Lipinski definition) is 1. The van der Waals surface area contributed by atoms with E-state index < -0.39 is 37.5 Å². The lowest BCUT2D eigenvalue weighted by Gasteiger charge is -2.38. The van der Waals surface area contributed by atoms with Gasteiger partial charge >= 0.3 is 0 Å². The van der Waals surface area contributed by atoms with Gasteiger partial charge in [0, 0.05) is 5.56 Å². The van der Waals surface area contributed by atoms with Crippen molar-refractivity contribution in [2.75, 3.05) is 12.4 Å². The maximum absolute atomic E-state index is 14.9. The molecule has 1 aromatic carbocycles. The Balaban J connectivity index is 1.57. The molecule has 2 N–H and O–H groups in total. The van der Waals surface area contributed by atoms with E-state index in [0.717, 1.165) is 18.9 Å². The lowest BCUT2D eigenvalue weighted by molar-refractivity contribution is 0.242. The van der Waals surface area contributed by atoms with Crippen molar-refractivity contribution in [2.45, 2.75) is 56.7 Å². The molecule has 1 aromatic heterocycles. The number of rotatable bonds is 6. The van der Waals surface area contributed by atoms with E-state index >= 15 is 0 Å². The molecular weight excluding hydrogens is 474 g/mol. The summed E-state index contributed by atoms with van der Waals surface area (Å²) in [5, 5.41) is 0. The molecule has 35 heavy (non-hydrogen) atoms. The number of nitrogens with two attached hydrogens (primary N) is 1. The van der Waals surface area contributed by atoms with Crippen LogP contribution in [0.1, 0.15) is 63.3 Å². The number of hydrogen-bond acceptors (Lipinski definition) is 7. The third-order valence-corrected chi connectivity index (χ3v) is 9.62. The molecule has 10 heteroatoms. The van der Waals surface area contributed by atoms with Crippen molar-refractivity contribution in [3.63, 3.8) is 0 Å². The Morgan fingerprint density at radius 3 is 2.54 bits per heavy atom. The fourth-order valence-corrected chi connectivity index (χ4v) is 6.13. The van der Waals surface area contributed by atoms with E-state index in [1.54, 1.807) is 0 Å². The quantitative estimate of drug-likeness (QED) is 0.624. The van der Waals surface area contributed by atoms with E-state index in [2.05, 4.69) is 15.0 Å². The largest absolute Gasteiger partial charge is 0.476 e. The van der Waals surface area contributed by atoms with Crippen LogP contribution in [0.3, 0.4) is 0 Å². The third kappa shape index (κ3) is 5.07. The predicted octanol–water partition coefficient (Wildman–Crippen LogP) is 4.43. The Bertz CT molecular complexity index is 1270. The molecule has 1 aliphatic carbocycles. The second kappa shape index (κ2) is 9.29. The molecule has 1 unspecified atom stereocenters. The molecule has 1 aliphatic heterocycles. The summed E-state index contributed by atoms with van der Waals surface area (Å²) in [6.45, 7) is 5.02. The SMILES string of the molecule is CC1(c2cc(C=C(F)c3cnc(OCC4CCCC4)cn3)ccc2F)CS(=O)(=O)C(C)(C)C(N)=N1. The highest BCUT2D eigenvalue weighted by Gasteiger charge is 2.49. The van der Waals surface area contributed by atoms with Gasteiger partial charge in [0.2, 0.25) is 5.88 Å². The van der Waals surface area contributed by atoms with E-state index in [-0.39, 0.29) is 17.1 Å². The minimum Gasteiger partial charge on any atom is -0.476 e. The topological polar surface area (TPSA) is 108 Å². The summed E-state index contributed by atoms with van der Waals surface area (Å²) >= 11 is 0. The van der Waals surface area contributed by atoms with Crippen molar-refractivity contribution in [2.24, 2.45) is 16.6 Å². The smallest absolute Gasteiger partial charge is 0.232 e. The minimum atomic E-state index is -3.72. The number of sulfone groups is 1. The molecule has 188 valence electrons. The van der Waals surface area contributed by atoms with Crippen LogP contribution in [0.15, 0.2) is 35.6 Å². The molecule has 0 bridgehead atoms. The fourth-order valence-electron chi connectivity index (χ4n) is 4.44. The second-order valence-corrected chi connectivity index (χ2v) is 12.5. The molecule has 1 fully saturated rings. The van der Waals surface area contributed by atoms with Gasteiger partial charge in [-0.1, -0.05) is 18.9 Å². The number of aliphatic imine (C=N–C) groups is 1. The van der Waals surface area contributed by atoms with Gasteiger partial charge in [-0.2, -0.15) is 0 Å². The Morgan fingerprint density at radius 1 is 1.20 bits per heavy atom. The molecule has 7 nitrogen and oxygen atoms in total. The highest BCUT2D eigenvalue weighted by atomic mass is 32.2.